The number of nitrogens with one attached hydrogen (secondary N) is 1. The van der Waals surface area contributed by atoms with Gasteiger partial charge in [0.25, 0.3) is 0 Å². The summed E-state index contributed by atoms with van der Waals surface area (Å²) in [6.45, 7) is 0. The van der Waals surface area contributed by atoms with Crippen molar-refractivity contribution in [3.05, 3.63) is 41.5 Å². The Morgan fingerprint density at radius 2 is 1.89 bits per heavy atom. The molecule has 0 bridgehead atoms. The maximum Gasteiger partial charge on any atom is 0.417 e. The minimum atomic E-state index is -4.49. The fourth-order valence-corrected chi connectivity index (χ4v) is 1.94. The van der Waals surface area contributed by atoms with Crippen molar-refractivity contribution in [2.24, 2.45) is 0 Å². The maximum absolute atomic E-state index is 12.6. The summed E-state index contributed by atoms with van der Waals surface area (Å²) in [6.07, 6.45) is 1.25. The van der Waals surface area contributed by atoms with E-state index in [1.807, 2.05) is 12.2 Å². The van der Waals surface area contributed by atoms with E-state index in [2.05, 4.69) is 5.32 Å². The van der Waals surface area contributed by atoms with E-state index in [1.165, 1.54) is 12.1 Å². The molecule has 0 aliphatic heterocycles. The van der Waals surface area contributed by atoms with Crippen molar-refractivity contribution in [2.75, 3.05) is 5.32 Å². The topological polar surface area (TPSA) is 35.8 Å². The molecule has 0 heterocycles. The average molecular weight is 252 g/mol. The van der Waals surface area contributed by atoms with E-state index in [0.717, 1.165) is 18.9 Å². The van der Waals surface area contributed by atoms with Crippen molar-refractivity contribution in [1.82, 2.24) is 0 Å². The van der Waals surface area contributed by atoms with Crippen molar-refractivity contribution in [1.29, 1.82) is 5.26 Å². The van der Waals surface area contributed by atoms with E-state index in [0.29, 0.717) is 5.69 Å². The lowest BCUT2D eigenvalue weighted by Crippen LogP contribution is -2.15. The van der Waals surface area contributed by atoms with Crippen molar-refractivity contribution in [3.8, 4) is 6.07 Å². The normalized spacial score (nSPS) is 15.7. The molecular formula is C13H11F3N2. The van der Waals surface area contributed by atoms with Gasteiger partial charge in [-0.1, -0.05) is 12.2 Å². The zero-order chi connectivity index (χ0) is 13.2. The first-order valence-electron chi connectivity index (χ1n) is 5.53. The van der Waals surface area contributed by atoms with Gasteiger partial charge in [-0.2, -0.15) is 18.4 Å². The van der Waals surface area contributed by atoms with E-state index < -0.39 is 11.7 Å². The molecule has 0 aromatic heterocycles. The van der Waals surface area contributed by atoms with Gasteiger partial charge in [-0.15, -0.1) is 0 Å². The molecule has 0 radical (unpaired) electrons. The van der Waals surface area contributed by atoms with Crippen molar-refractivity contribution < 1.29 is 13.2 Å². The highest BCUT2D eigenvalue weighted by Crippen LogP contribution is 2.33. The standard InChI is InChI=1S/C13H11F3N2/c14-13(15,16)12-6-5-11(7-9(12)8-17)18-10-3-1-2-4-10/h1-2,5-7,10,18H,3-4H2. The van der Waals surface area contributed by atoms with Crippen molar-refractivity contribution in [3.63, 3.8) is 0 Å². The van der Waals surface area contributed by atoms with Crippen LogP contribution >= 0.6 is 0 Å². The second kappa shape index (κ2) is 4.73. The quantitative estimate of drug-likeness (QED) is 0.814. The molecule has 1 aromatic rings. The van der Waals surface area contributed by atoms with Crippen molar-refractivity contribution in [2.45, 2.75) is 25.1 Å². The molecule has 0 unspecified atom stereocenters. The van der Waals surface area contributed by atoms with Gasteiger partial charge in [-0.05, 0) is 31.0 Å². The van der Waals surface area contributed by atoms with Gasteiger partial charge in [0.05, 0.1) is 17.2 Å². The van der Waals surface area contributed by atoms with Crippen LogP contribution in [0.25, 0.3) is 0 Å². The Balaban J connectivity index is 2.22. The summed E-state index contributed by atoms with van der Waals surface area (Å²) in [4.78, 5) is 0. The number of rotatable bonds is 2. The number of nitriles is 1. The summed E-state index contributed by atoms with van der Waals surface area (Å²) in [5.74, 6) is 0. The Kier molecular flexibility index (Phi) is 3.28. The SMILES string of the molecule is N#Cc1cc(NC2CC=CC2)ccc1C(F)(F)F. The molecule has 2 nitrogen and oxygen atoms in total. The lowest BCUT2D eigenvalue weighted by atomic mass is 10.1. The molecule has 18 heavy (non-hydrogen) atoms. The van der Waals surface area contributed by atoms with E-state index >= 15 is 0 Å². The third-order valence-electron chi connectivity index (χ3n) is 2.82. The number of hydrogen-bond acceptors (Lipinski definition) is 2. The Bertz CT molecular complexity index is 504. The van der Waals surface area contributed by atoms with Crippen LogP contribution in [-0.2, 0) is 6.18 Å². The van der Waals surface area contributed by atoms with Gasteiger partial charge in [0.15, 0.2) is 0 Å². The third kappa shape index (κ3) is 2.65. The van der Waals surface area contributed by atoms with Gasteiger partial charge in [0, 0.05) is 11.7 Å². The highest BCUT2D eigenvalue weighted by Gasteiger charge is 2.33. The molecule has 1 N–H and O–H groups in total. The number of hydrogen-bond donors (Lipinski definition) is 1. The molecule has 1 aliphatic carbocycles. The summed E-state index contributed by atoms with van der Waals surface area (Å²) < 4.78 is 37.8. The smallest absolute Gasteiger partial charge is 0.382 e. The third-order valence-corrected chi connectivity index (χ3v) is 2.82. The predicted molar refractivity (Wildman–Crippen MR) is 61.9 cm³/mol. The van der Waals surface area contributed by atoms with E-state index in [9.17, 15) is 13.2 Å². The Morgan fingerprint density at radius 1 is 1.22 bits per heavy atom. The van der Waals surface area contributed by atoms with Crippen LogP contribution < -0.4 is 5.32 Å². The minimum absolute atomic E-state index is 0.202. The molecule has 0 fully saturated rings. The number of halogens is 3. The van der Waals surface area contributed by atoms with Gasteiger partial charge in [0.2, 0.25) is 0 Å². The molecule has 0 amide bonds. The van der Waals surface area contributed by atoms with E-state index in [1.54, 1.807) is 6.07 Å². The summed E-state index contributed by atoms with van der Waals surface area (Å²) >= 11 is 0. The molecule has 94 valence electrons. The van der Waals surface area contributed by atoms with Crippen LogP contribution in [0.15, 0.2) is 30.4 Å². The number of benzene rings is 1. The summed E-state index contributed by atoms with van der Waals surface area (Å²) in [7, 11) is 0. The molecular weight excluding hydrogens is 241 g/mol. The van der Waals surface area contributed by atoms with Gasteiger partial charge in [-0.25, -0.2) is 0 Å². The first-order chi connectivity index (χ1) is 8.50. The highest BCUT2D eigenvalue weighted by atomic mass is 19.4. The molecule has 0 saturated heterocycles. The molecule has 1 aromatic carbocycles. The van der Waals surface area contributed by atoms with Crippen LogP contribution in [0.2, 0.25) is 0 Å². The average Bonchev–Trinajstić information content (AvgIpc) is 2.80. The van der Waals surface area contributed by atoms with Crippen LogP contribution in [0.4, 0.5) is 18.9 Å². The number of anilines is 1. The van der Waals surface area contributed by atoms with Gasteiger partial charge >= 0.3 is 6.18 Å². The molecule has 1 aliphatic rings. The fourth-order valence-electron chi connectivity index (χ4n) is 1.94. The first-order valence-corrected chi connectivity index (χ1v) is 5.53. The Morgan fingerprint density at radius 3 is 2.44 bits per heavy atom. The Hall–Kier alpha value is -1.96. The van der Waals surface area contributed by atoms with Gasteiger partial charge < -0.3 is 5.32 Å². The van der Waals surface area contributed by atoms with E-state index in [-0.39, 0.29) is 11.6 Å². The van der Waals surface area contributed by atoms with E-state index in [4.69, 9.17) is 5.26 Å². The van der Waals surface area contributed by atoms with Crippen LogP contribution in [0.1, 0.15) is 24.0 Å². The predicted octanol–water partition coefficient (Wildman–Crippen LogP) is 3.71. The van der Waals surface area contributed by atoms with Gasteiger partial charge in [0.1, 0.15) is 0 Å². The summed E-state index contributed by atoms with van der Waals surface area (Å²) in [5, 5.41) is 11.9. The molecule has 0 atom stereocenters. The molecule has 0 spiro atoms. The number of alkyl halides is 3. The number of nitrogens with zero attached hydrogens (tertiary/aromatic N) is 1. The second-order valence-electron chi connectivity index (χ2n) is 4.15. The minimum Gasteiger partial charge on any atom is -0.382 e. The monoisotopic (exact) mass is 252 g/mol. The fraction of sp³-hybridized carbons (Fsp3) is 0.308. The molecule has 2 rings (SSSR count). The zero-order valence-electron chi connectivity index (χ0n) is 9.46. The van der Waals surface area contributed by atoms with Crippen LogP contribution in [-0.4, -0.2) is 6.04 Å². The van der Waals surface area contributed by atoms with Gasteiger partial charge in [-0.3, -0.25) is 0 Å². The molecule has 0 saturated carbocycles. The van der Waals surface area contributed by atoms with Crippen LogP contribution in [0.5, 0.6) is 0 Å². The Labute approximate surface area is 103 Å². The summed E-state index contributed by atoms with van der Waals surface area (Å²) in [5.41, 5.74) is -0.688. The lowest BCUT2D eigenvalue weighted by Gasteiger charge is -2.15. The van der Waals surface area contributed by atoms with Crippen LogP contribution in [0, 0.1) is 11.3 Å². The summed E-state index contributed by atoms with van der Waals surface area (Å²) in [6, 6.07) is 5.36. The molecule has 5 heteroatoms. The largest absolute Gasteiger partial charge is 0.417 e. The van der Waals surface area contributed by atoms with Crippen LogP contribution in [0.3, 0.4) is 0 Å². The second-order valence-corrected chi connectivity index (χ2v) is 4.15. The zero-order valence-corrected chi connectivity index (χ0v) is 9.46. The highest BCUT2D eigenvalue weighted by molar-refractivity contribution is 5.54. The maximum atomic E-state index is 12.6. The van der Waals surface area contributed by atoms with Crippen molar-refractivity contribution >= 4 is 5.69 Å². The first kappa shape index (κ1) is 12.5. The lowest BCUT2D eigenvalue weighted by molar-refractivity contribution is -0.137.